The molecule has 0 aliphatic carbocycles. The Morgan fingerprint density at radius 2 is 2.18 bits per heavy atom. The third-order valence-corrected chi connectivity index (χ3v) is 2.75. The molecule has 3 rings (SSSR count). The van der Waals surface area contributed by atoms with E-state index in [1.807, 2.05) is 24.3 Å². The van der Waals surface area contributed by atoms with Gasteiger partial charge in [-0.15, -0.1) is 0 Å². The topological polar surface area (TPSA) is 48.0 Å². The fraction of sp³-hybridized carbons (Fsp3) is 0.0769. The Hall–Kier alpha value is -2.36. The van der Waals surface area contributed by atoms with Crippen molar-refractivity contribution in [1.29, 1.82) is 0 Å². The van der Waals surface area contributed by atoms with Gasteiger partial charge in [0.1, 0.15) is 11.8 Å². The Kier molecular flexibility index (Phi) is 2.08. The lowest BCUT2D eigenvalue weighted by Crippen LogP contribution is -2.07. The second-order valence-corrected chi connectivity index (χ2v) is 3.84. The maximum atomic E-state index is 12.3. The number of imidazole rings is 1. The minimum atomic E-state index is -0.123. The number of hydrogen-bond acceptors (Lipinski definition) is 3. The first-order chi connectivity index (χ1) is 8.27. The van der Waals surface area contributed by atoms with E-state index in [0.717, 1.165) is 5.39 Å². The smallest absolute Gasteiger partial charge is 0.232 e. The van der Waals surface area contributed by atoms with Gasteiger partial charge in [0.2, 0.25) is 5.78 Å². The number of nitrogens with zero attached hydrogens (tertiary/aromatic N) is 2. The van der Waals surface area contributed by atoms with Crippen LogP contribution >= 0.6 is 0 Å². The molecule has 0 radical (unpaired) electrons. The minimum Gasteiger partial charge on any atom is -0.464 e. The summed E-state index contributed by atoms with van der Waals surface area (Å²) in [5.41, 5.74) is 1.26. The van der Waals surface area contributed by atoms with Crippen molar-refractivity contribution >= 4 is 16.8 Å². The molecule has 0 atom stereocenters. The van der Waals surface area contributed by atoms with Crippen LogP contribution in [0.15, 0.2) is 47.3 Å². The predicted molar refractivity (Wildman–Crippen MR) is 62.9 cm³/mol. The van der Waals surface area contributed by atoms with Crippen LogP contribution in [0.3, 0.4) is 0 Å². The first-order valence-corrected chi connectivity index (χ1v) is 5.25. The lowest BCUT2D eigenvalue weighted by molar-refractivity contribution is 0.102. The third-order valence-electron chi connectivity index (χ3n) is 2.75. The molecule has 0 aliphatic rings. The SMILES string of the molecule is Cn1ccnc1C(=O)c1coc2ccccc12. The van der Waals surface area contributed by atoms with Crippen LogP contribution in [0.25, 0.3) is 11.0 Å². The van der Waals surface area contributed by atoms with Crippen molar-refractivity contribution < 1.29 is 9.21 Å². The number of benzene rings is 1. The monoisotopic (exact) mass is 226 g/mol. The van der Waals surface area contributed by atoms with Crippen LogP contribution in [0.1, 0.15) is 16.2 Å². The first-order valence-electron chi connectivity index (χ1n) is 5.25. The standard InChI is InChI=1S/C13H10N2O2/c1-15-7-6-14-13(15)12(16)10-8-17-11-5-3-2-4-9(10)11/h2-8H,1H3. The van der Waals surface area contributed by atoms with Crippen molar-refractivity contribution in [2.45, 2.75) is 0 Å². The molecule has 0 N–H and O–H groups in total. The van der Waals surface area contributed by atoms with Gasteiger partial charge in [0, 0.05) is 24.8 Å². The second kappa shape index (κ2) is 3.59. The number of carbonyl (C=O) groups excluding carboxylic acids is 1. The van der Waals surface area contributed by atoms with Crippen LogP contribution in [0.5, 0.6) is 0 Å². The van der Waals surface area contributed by atoms with Crippen molar-refractivity contribution in [3.63, 3.8) is 0 Å². The summed E-state index contributed by atoms with van der Waals surface area (Å²) in [6, 6.07) is 7.47. The van der Waals surface area contributed by atoms with Gasteiger partial charge in [-0.05, 0) is 6.07 Å². The molecule has 1 aromatic carbocycles. The highest BCUT2D eigenvalue weighted by Gasteiger charge is 2.18. The van der Waals surface area contributed by atoms with Gasteiger partial charge in [-0.2, -0.15) is 0 Å². The Morgan fingerprint density at radius 1 is 1.35 bits per heavy atom. The molecule has 2 heterocycles. The molecule has 0 bridgehead atoms. The van der Waals surface area contributed by atoms with Gasteiger partial charge in [-0.1, -0.05) is 18.2 Å². The number of rotatable bonds is 2. The van der Waals surface area contributed by atoms with Crippen molar-refractivity contribution in [2.75, 3.05) is 0 Å². The van der Waals surface area contributed by atoms with Gasteiger partial charge < -0.3 is 8.98 Å². The van der Waals surface area contributed by atoms with Gasteiger partial charge >= 0.3 is 0 Å². The number of furan rings is 1. The molecule has 84 valence electrons. The fourth-order valence-corrected chi connectivity index (χ4v) is 1.86. The summed E-state index contributed by atoms with van der Waals surface area (Å²) < 4.78 is 7.05. The second-order valence-electron chi connectivity index (χ2n) is 3.84. The van der Waals surface area contributed by atoms with Gasteiger partial charge in [-0.25, -0.2) is 4.98 Å². The average molecular weight is 226 g/mol. The van der Waals surface area contributed by atoms with E-state index in [0.29, 0.717) is 17.0 Å². The lowest BCUT2D eigenvalue weighted by Gasteiger charge is -1.98. The number of para-hydroxylation sites is 1. The van der Waals surface area contributed by atoms with Gasteiger partial charge in [-0.3, -0.25) is 4.79 Å². The molecule has 0 amide bonds. The van der Waals surface area contributed by atoms with E-state index in [2.05, 4.69) is 4.98 Å². The zero-order valence-corrected chi connectivity index (χ0v) is 9.25. The predicted octanol–water partition coefficient (Wildman–Crippen LogP) is 2.40. The summed E-state index contributed by atoms with van der Waals surface area (Å²) in [5.74, 6) is 0.291. The summed E-state index contributed by atoms with van der Waals surface area (Å²) in [7, 11) is 1.79. The normalized spacial score (nSPS) is 10.9. The quantitative estimate of drug-likeness (QED) is 0.630. The Morgan fingerprint density at radius 3 is 2.94 bits per heavy atom. The summed E-state index contributed by atoms with van der Waals surface area (Å²) >= 11 is 0. The van der Waals surface area contributed by atoms with E-state index in [4.69, 9.17) is 4.42 Å². The van der Waals surface area contributed by atoms with Gasteiger partial charge in [0.05, 0.1) is 5.56 Å². The van der Waals surface area contributed by atoms with Gasteiger partial charge in [0.15, 0.2) is 5.82 Å². The Labute approximate surface area is 97.5 Å². The van der Waals surface area contributed by atoms with E-state index in [-0.39, 0.29) is 5.78 Å². The minimum absolute atomic E-state index is 0.123. The molecule has 0 saturated heterocycles. The maximum Gasteiger partial charge on any atom is 0.232 e. The summed E-state index contributed by atoms with van der Waals surface area (Å²) in [6.07, 6.45) is 4.84. The fourth-order valence-electron chi connectivity index (χ4n) is 1.86. The Bertz CT molecular complexity index is 694. The molecule has 4 heteroatoms. The first kappa shape index (κ1) is 9.84. The molecular formula is C13H10N2O2. The van der Waals surface area contributed by atoms with Crippen molar-refractivity contribution in [2.24, 2.45) is 7.05 Å². The number of aryl methyl sites for hydroxylation is 1. The van der Waals surface area contributed by atoms with Crippen molar-refractivity contribution in [3.05, 3.63) is 54.3 Å². The number of ketones is 1. The number of carbonyl (C=O) groups is 1. The molecule has 0 unspecified atom stereocenters. The van der Waals surface area contributed by atoms with Crippen LogP contribution in [0.4, 0.5) is 0 Å². The molecule has 0 spiro atoms. The zero-order chi connectivity index (χ0) is 11.8. The molecule has 17 heavy (non-hydrogen) atoms. The molecular weight excluding hydrogens is 216 g/mol. The van der Waals surface area contributed by atoms with Crippen LogP contribution < -0.4 is 0 Å². The van der Waals surface area contributed by atoms with Crippen molar-refractivity contribution in [1.82, 2.24) is 9.55 Å². The van der Waals surface area contributed by atoms with Crippen molar-refractivity contribution in [3.8, 4) is 0 Å². The molecule has 3 aromatic rings. The molecule has 2 aromatic heterocycles. The highest BCUT2D eigenvalue weighted by atomic mass is 16.3. The molecule has 0 fully saturated rings. The Balaban J connectivity index is 2.17. The molecule has 0 aliphatic heterocycles. The van der Waals surface area contributed by atoms with E-state index >= 15 is 0 Å². The highest BCUT2D eigenvalue weighted by molar-refractivity contribution is 6.14. The van der Waals surface area contributed by atoms with E-state index in [1.165, 1.54) is 6.26 Å². The summed E-state index contributed by atoms with van der Waals surface area (Å²) in [6.45, 7) is 0. The van der Waals surface area contributed by atoms with E-state index in [9.17, 15) is 4.79 Å². The third kappa shape index (κ3) is 1.45. The lowest BCUT2D eigenvalue weighted by atomic mass is 10.1. The average Bonchev–Trinajstić information content (AvgIpc) is 2.94. The zero-order valence-electron chi connectivity index (χ0n) is 9.25. The van der Waals surface area contributed by atoms with E-state index < -0.39 is 0 Å². The van der Waals surface area contributed by atoms with Crippen LogP contribution in [0.2, 0.25) is 0 Å². The summed E-state index contributed by atoms with van der Waals surface area (Å²) in [5, 5.41) is 0.820. The largest absolute Gasteiger partial charge is 0.464 e. The van der Waals surface area contributed by atoms with Crippen LogP contribution in [0, 0.1) is 0 Å². The summed E-state index contributed by atoms with van der Waals surface area (Å²) in [4.78, 5) is 16.3. The molecule has 4 nitrogen and oxygen atoms in total. The van der Waals surface area contributed by atoms with Crippen LogP contribution in [-0.4, -0.2) is 15.3 Å². The maximum absolute atomic E-state index is 12.3. The number of aromatic nitrogens is 2. The molecule has 0 saturated carbocycles. The van der Waals surface area contributed by atoms with E-state index in [1.54, 1.807) is 24.0 Å². The number of hydrogen-bond donors (Lipinski definition) is 0. The van der Waals surface area contributed by atoms with Gasteiger partial charge in [0.25, 0.3) is 0 Å². The van der Waals surface area contributed by atoms with Crippen LogP contribution in [-0.2, 0) is 7.05 Å². The number of fused-ring (bicyclic) bond motifs is 1. The highest BCUT2D eigenvalue weighted by Crippen LogP contribution is 2.22.